The summed E-state index contributed by atoms with van der Waals surface area (Å²) in [5, 5.41) is 19.9. The summed E-state index contributed by atoms with van der Waals surface area (Å²) < 4.78 is 0. The molecule has 7 heteroatoms. The van der Waals surface area contributed by atoms with Gasteiger partial charge in [0.15, 0.2) is 0 Å². The van der Waals surface area contributed by atoms with Crippen molar-refractivity contribution in [1.82, 2.24) is 10.6 Å². The van der Waals surface area contributed by atoms with Gasteiger partial charge in [0.2, 0.25) is 5.91 Å². The minimum absolute atomic E-state index is 0.442. The van der Waals surface area contributed by atoms with Crippen molar-refractivity contribution in [2.24, 2.45) is 0 Å². The molecule has 12 heavy (non-hydrogen) atoms. The molecule has 4 N–H and O–H groups in total. The standard InChI is InChI=1S/C5H8N2O5/c8-3(1-7-5(11)12)6-2-4(9)10/h7H,1-2H2,(H,6,8)(H,9,10)(H,11,12). The summed E-state index contributed by atoms with van der Waals surface area (Å²) in [5.74, 6) is -1.86. The molecule has 0 rings (SSSR count). The maximum Gasteiger partial charge on any atom is 0.405 e. The zero-order valence-corrected chi connectivity index (χ0v) is 6.03. The van der Waals surface area contributed by atoms with E-state index in [0.29, 0.717) is 0 Å². The van der Waals surface area contributed by atoms with E-state index in [2.05, 4.69) is 0 Å². The third kappa shape index (κ3) is 6.33. The van der Waals surface area contributed by atoms with E-state index in [1.807, 2.05) is 5.32 Å². The van der Waals surface area contributed by atoms with Crippen LogP contribution in [0.3, 0.4) is 0 Å². The first kappa shape index (κ1) is 10.2. The van der Waals surface area contributed by atoms with Crippen molar-refractivity contribution in [3.05, 3.63) is 0 Å². The predicted molar refractivity (Wildman–Crippen MR) is 36.7 cm³/mol. The quantitative estimate of drug-likeness (QED) is 0.414. The monoisotopic (exact) mass is 176 g/mol. The molecular weight excluding hydrogens is 168 g/mol. The highest BCUT2D eigenvalue weighted by Gasteiger charge is 2.04. The minimum Gasteiger partial charge on any atom is -0.480 e. The molecule has 0 unspecified atom stereocenters. The zero-order valence-electron chi connectivity index (χ0n) is 6.03. The summed E-state index contributed by atoms with van der Waals surface area (Å²) in [7, 11) is 0. The smallest absolute Gasteiger partial charge is 0.405 e. The molecule has 7 nitrogen and oxygen atoms in total. The Morgan fingerprint density at radius 2 is 1.58 bits per heavy atom. The molecule has 0 saturated heterocycles. The molecule has 68 valence electrons. The number of hydrogen-bond acceptors (Lipinski definition) is 3. The fraction of sp³-hybridized carbons (Fsp3) is 0.400. The Kier molecular flexibility index (Phi) is 4.20. The number of carboxylic acid groups (broad SMARTS) is 2. The second-order valence-corrected chi connectivity index (χ2v) is 1.83. The van der Waals surface area contributed by atoms with Crippen LogP contribution in [0.5, 0.6) is 0 Å². The van der Waals surface area contributed by atoms with Crippen molar-refractivity contribution in [3.63, 3.8) is 0 Å². The van der Waals surface area contributed by atoms with Crippen LogP contribution in [0.25, 0.3) is 0 Å². The van der Waals surface area contributed by atoms with E-state index in [4.69, 9.17) is 10.2 Å². The maximum atomic E-state index is 10.6. The van der Waals surface area contributed by atoms with E-state index >= 15 is 0 Å². The van der Waals surface area contributed by atoms with Gasteiger partial charge >= 0.3 is 12.1 Å². The van der Waals surface area contributed by atoms with Crippen molar-refractivity contribution in [1.29, 1.82) is 0 Å². The summed E-state index contributed by atoms with van der Waals surface area (Å²) in [6, 6.07) is 0. The van der Waals surface area contributed by atoms with Crippen LogP contribution in [0, 0.1) is 0 Å². The molecular formula is C5H8N2O5. The number of carboxylic acids is 1. The summed E-state index contributed by atoms with van der Waals surface area (Å²) in [6.07, 6.45) is -1.33. The van der Waals surface area contributed by atoms with Crippen molar-refractivity contribution in [2.45, 2.75) is 0 Å². The SMILES string of the molecule is O=C(O)CNC(=O)CNC(=O)O. The van der Waals surface area contributed by atoms with Crippen molar-refractivity contribution in [3.8, 4) is 0 Å². The van der Waals surface area contributed by atoms with Gasteiger partial charge in [0.05, 0.1) is 0 Å². The number of carbonyl (C=O) groups excluding carboxylic acids is 1. The first-order valence-electron chi connectivity index (χ1n) is 2.97. The van der Waals surface area contributed by atoms with Crippen LogP contribution in [0.2, 0.25) is 0 Å². The number of amides is 2. The van der Waals surface area contributed by atoms with Crippen molar-refractivity contribution < 1.29 is 24.6 Å². The van der Waals surface area contributed by atoms with Crippen LogP contribution in [-0.4, -0.2) is 41.3 Å². The van der Waals surface area contributed by atoms with Crippen LogP contribution >= 0.6 is 0 Å². The molecule has 0 saturated carbocycles. The molecule has 0 radical (unpaired) electrons. The van der Waals surface area contributed by atoms with Crippen LogP contribution in [0.15, 0.2) is 0 Å². The Labute approximate surface area is 67.4 Å². The number of rotatable bonds is 4. The van der Waals surface area contributed by atoms with E-state index in [0.717, 1.165) is 0 Å². The second-order valence-electron chi connectivity index (χ2n) is 1.83. The summed E-state index contributed by atoms with van der Waals surface area (Å²) in [6.45, 7) is -0.956. The van der Waals surface area contributed by atoms with Gasteiger partial charge in [0.1, 0.15) is 13.1 Å². The lowest BCUT2D eigenvalue weighted by atomic mass is 10.5. The van der Waals surface area contributed by atoms with E-state index in [1.54, 1.807) is 5.32 Å². The van der Waals surface area contributed by atoms with Gasteiger partial charge in [0.25, 0.3) is 0 Å². The third-order valence-corrected chi connectivity index (χ3v) is 0.837. The molecule has 0 aliphatic rings. The largest absolute Gasteiger partial charge is 0.480 e. The highest BCUT2D eigenvalue weighted by atomic mass is 16.4. The molecule has 2 amide bonds. The Morgan fingerprint density at radius 1 is 1.00 bits per heavy atom. The maximum absolute atomic E-state index is 10.6. The number of nitrogens with one attached hydrogen (secondary N) is 2. The van der Waals surface area contributed by atoms with Crippen LogP contribution < -0.4 is 10.6 Å². The summed E-state index contributed by atoms with van der Waals surface area (Å²) in [4.78, 5) is 30.3. The topological polar surface area (TPSA) is 116 Å². The zero-order chi connectivity index (χ0) is 9.56. The molecule has 0 bridgehead atoms. The van der Waals surface area contributed by atoms with E-state index < -0.39 is 31.1 Å². The second kappa shape index (κ2) is 4.94. The summed E-state index contributed by atoms with van der Waals surface area (Å²) >= 11 is 0. The average Bonchev–Trinajstić information content (AvgIpc) is 1.96. The van der Waals surface area contributed by atoms with Gasteiger partial charge in [0, 0.05) is 0 Å². The third-order valence-electron chi connectivity index (χ3n) is 0.837. The molecule has 0 aromatic rings. The lowest BCUT2D eigenvalue weighted by molar-refractivity contribution is -0.137. The molecule has 0 aromatic heterocycles. The van der Waals surface area contributed by atoms with Crippen molar-refractivity contribution >= 4 is 18.0 Å². The van der Waals surface area contributed by atoms with Gasteiger partial charge in [-0.1, -0.05) is 0 Å². The van der Waals surface area contributed by atoms with Crippen molar-refractivity contribution in [2.75, 3.05) is 13.1 Å². The Hall–Kier alpha value is -1.79. The van der Waals surface area contributed by atoms with Gasteiger partial charge in [-0.15, -0.1) is 0 Å². The molecule has 0 aromatic carbocycles. The van der Waals surface area contributed by atoms with Gasteiger partial charge in [-0.05, 0) is 0 Å². The van der Waals surface area contributed by atoms with E-state index in [-0.39, 0.29) is 0 Å². The Bertz CT molecular complexity index is 182. The fourth-order valence-electron chi connectivity index (χ4n) is 0.393. The first-order valence-corrected chi connectivity index (χ1v) is 2.97. The first-order chi connectivity index (χ1) is 5.52. The molecule has 0 fully saturated rings. The molecule has 0 heterocycles. The average molecular weight is 176 g/mol. The highest BCUT2D eigenvalue weighted by Crippen LogP contribution is 1.66. The van der Waals surface area contributed by atoms with E-state index in [9.17, 15) is 14.4 Å². The van der Waals surface area contributed by atoms with Gasteiger partial charge in [-0.2, -0.15) is 0 Å². The highest BCUT2D eigenvalue weighted by molar-refractivity contribution is 5.84. The van der Waals surface area contributed by atoms with Gasteiger partial charge in [-0.25, -0.2) is 4.79 Å². The number of carbonyl (C=O) groups is 3. The van der Waals surface area contributed by atoms with Gasteiger partial charge < -0.3 is 20.8 Å². The Balaban J connectivity index is 3.47. The molecule has 0 aliphatic heterocycles. The predicted octanol–water partition coefficient (Wildman–Crippen LogP) is -1.55. The van der Waals surface area contributed by atoms with Crippen LogP contribution in [-0.2, 0) is 9.59 Å². The van der Waals surface area contributed by atoms with Gasteiger partial charge in [-0.3, -0.25) is 9.59 Å². The minimum atomic E-state index is -1.33. The molecule has 0 spiro atoms. The number of aliphatic carboxylic acids is 1. The molecule has 0 aliphatic carbocycles. The molecule has 0 atom stereocenters. The van der Waals surface area contributed by atoms with Crippen LogP contribution in [0.1, 0.15) is 0 Å². The lowest BCUT2D eigenvalue weighted by Gasteiger charge is -2.00. The normalized spacial score (nSPS) is 8.67. The summed E-state index contributed by atoms with van der Waals surface area (Å²) in [5.41, 5.74) is 0. The number of hydrogen-bond donors (Lipinski definition) is 4. The Morgan fingerprint density at radius 3 is 2.00 bits per heavy atom. The van der Waals surface area contributed by atoms with Crippen LogP contribution in [0.4, 0.5) is 4.79 Å². The fourth-order valence-corrected chi connectivity index (χ4v) is 0.393. The lowest BCUT2D eigenvalue weighted by Crippen LogP contribution is -2.38. The van der Waals surface area contributed by atoms with E-state index in [1.165, 1.54) is 0 Å².